The van der Waals surface area contributed by atoms with Crippen molar-refractivity contribution in [2.45, 2.75) is 32.7 Å². The summed E-state index contributed by atoms with van der Waals surface area (Å²) < 4.78 is 5.63. The van der Waals surface area contributed by atoms with Crippen LogP contribution in [0.3, 0.4) is 0 Å². The number of hydrogen-bond acceptors (Lipinski definition) is 4. The molecule has 2 aromatic rings. The maximum absolute atomic E-state index is 5.74. The molecular weight excluding hydrogens is 262 g/mol. The van der Waals surface area contributed by atoms with Crippen LogP contribution in [0, 0.1) is 0 Å². The third kappa shape index (κ3) is 4.03. The van der Waals surface area contributed by atoms with Gasteiger partial charge in [0, 0.05) is 6.20 Å². The van der Waals surface area contributed by atoms with E-state index in [4.69, 9.17) is 10.6 Å². The molecule has 1 atom stereocenters. The predicted octanol–water partition coefficient (Wildman–Crippen LogP) is 2.99. The minimum Gasteiger partial charge on any atom is -0.492 e. The maximum atomic E-state index is 5.74. The van der Waals surface area contributed by atoms with Crippen molar-refractivity contribution < 1.29 is 4.74 Å². The highest BCUT2D eigenvalue weighted by Gasteiger charge is 2.13. The molecule has 0 aliphatic rings. The van der Waals surface area contributed by atoms with Gasteiger partial charge in [-0.1, -0.05) is 38.1 Å². The first-order valence-electron chi connectivity index (χ1n) is 7.41. The summed E-state index contributed by atoms with van der Waals surface area (Å²) in [4.78, 5) is 4.25. The summed E-state index contributed by atoms with van der Waals surface area (Å²) in [5.41, 5.74) is 6.28. The molecule has 0 aliphatic carbocycles. The van der Waals surface area contributed by atoms with Crippen LogP contribution in [-0.4, -0.2) is 11.6 Å². The highest BCUT2D eigenvalue weighted by Crippen LogP contribution is 2.24. The molecule has 1 heterocycles. The van der Waals surface area contributed by atoms with Gasteiger partial charge in [0.1, 0.15) is 5.75 Å². The minimum absolute atomic E-state index is 0.0893. The zero-order valence-corrected chi connectivity index (χ0v) is 12.7. The zero-order chi connectivity index (χ0) is 15.1. The molecule has 2 rings (SSSR count). The van der Waals surface area contributed by atoms with Crippen LogP contribution in [0.25, 0.3) is 0 Å². The third-order valence-electron chi connectivity index (χ3n) is 3.43. The number of ether oxygens (including phenoxy) is 1. The van der Waals surface area contributed by atoms with Gasteiger partial charge in [0.15, 0.2) is 0 Å². The van der Waals surface area contributed by atoms with E-state index in [1.807, 2.05) is 12.3 Å². The second kappa shape index (κ2) is 7.76. The van der Waals surface area contributed by atoms with Crippen LogP contribution < -0.4 is 16.0 Å². The van der Waals surface area contributed by atoms with E-state index in [9.17, 15) is 0 Å². The van der Waals surface area contributed by atoms with Crippen molar-refractivity contribution in [2.75, 3.05) is 6.61 Å². The standard InChI is InChI=1S/C17H23N3O/c1-3-9-21-16-10-15(11-19-12-16)17(20-18)14-7-5-13(4-2)6-8-14/h5-8,10-12,17,20H,3-4,9,18H2,1-2H3. The molecule has 0 saturated carbocycles. The first kappa shape index (κ1) is 15.5. The monoisotopic (exact) mass is 285 g/mol. The van der Waals surface area contributed by atoms with E-state index in [0.717, 1.165) is 29.7 Å². The van der Waals surface area contributed by atoms with E-state index in [0.29, 0.717) is 6.61 Å². The Hall–Kier alpha value is -1.91. The number of pyridine rings is 1. The van der Waals surface area contributed by atoms with Gasteiger partial charge in [0.25, 0.3) is 0 Å². The van der Waals surface area contributed by atoms with E-state index in [2.05, 4.69) is 48.5 Å². The van der Waals surface area contributed by atoms with Crippen molar-refractivity contribution in [2.24, 2.45) is 5.84 Å². The molecule has 112 valence electrons. The second-order valence-electron chi connectivity index (χ2n) is 5.00. The Morgan fingerprint density at radius 2 is 1.90 bits per heavy atom. The Bertz CT molecular complexity index is 554. The van der Waals surface area contributed by atoms with Crippen molar-refractivity contribution in [1.82, 2.24) is 10.4 Å². The largest absolute Gasteiger partial charge is 0.492 e. The van der Waals surface area contributed by atoms with Crippen LogP contribution in [0.15, 0.2) is 42.7 Å². The van der Waals surface area contributed by atoms with Crippen molar-refractivity contribution in [3.05, 3.63) is 59.4 Å². The van der Waals surface area contributed by atoms with Crippen molar-refractivity contribution in [3.8, 4) is 5.75 Å². The predicted molar refractivity (Wildman–Crippen MR) is 85.0 cm³/mol. The summed E-state index contributed by atoms with van der Waals surface area (Å²) in [6, 6.07) is 10.4. The van der Waals surface area contributed by atoms with Crippen LogP contribution in [0.2, 0.25) is 0 Å². The lowest BCUT2D eigenvalue weighted by Crippen LogP contribution is -2.29. The van der Waals surface area contributed by atoms with E-state index in [1.165, 1.54) is 5.56 Å². The van der Waals surface area contributed by atoms with Gasteiger partial charge in [-0.05, 0) is 35.6 Å². The van der Waals surface area contributed by atoms with E-state index >= 15 is 0 Å². The van der Waals surface area contributed by atoms with Crippen LogP contribution in [-0.2, 0) is 6.42 Å². The van der Waals surface area contributed by atoms with Gasteiger partial charge in [0.2, 0.25) is 0 Å². The summed E-state index contributed by atoms with van der Waals surface area (Å²) in [6.07, 6.45) is 5.55. The number of rotatable bonds is 7. The van der Waals surface area contributed by atoms with Gasteiger partial charge in [-0.25, -0.2) is 5.43 Å². The van der Waals surface area contributed by atoms with E-state index in [1.54, 1.807) is 6.20 Å². The quantitative estimate of drug-likeness (QED) is 0.606. The fourth-order valence-corrected chi connectivity index (χ4v) is 2.22. The smallest absolute Gasteiger partial charge is 0.137 e. The molecule has 0 spiro atoms. The van der Waals surface area contributed by atoms with Gasteiger partial charge >= 0.3 is 0 Å². The fraction of sp³-hybridized carbons (Fsp3) is 0.353. The Balaban J connectivity index is 2.23. The summed E-state index contributed by atoms with van der Waals surface area (Å²) >= 11 is 0. The van der Waals surface area contributed by atoms with Crippen molar-refractivity contribution in [3.63, 3.8) is 0 Å². The third-order valence-corrected chi connectivity index (χ3v) is 3.43. The number of benzene rings is 1. The lowest BCUT2D eigenvalue weighted by atomic mass is 9.99. The molecule has 4 nitrogen and oxygen atoms in total. The summed E-state index contributed by atoms with van der Waals surface area (Å²) in [5.74, 6) is 6.52. The molecule has 0 saturated heterocycles. The van der Waals surface area contributed by atoms with Gasteiger partial charge in [0.05, 0.1) is 18.8 Å². The number of hydrazine groups is 1. The molecule has 3 N–H and O–H groups in total. The topological polar surface area (TPSA) is 60.2 Å². The summed E-state index contributed by atoms with van der Waals surface area (Å²) in [7, 11) is 0. The molecule has 1 unspecified atom stereocenters. The highest BCUT2D eigenvalue weighted by molar-refractivity contribution is 5.35. The van der Waals surface area contributed by atoms with Crippen molar-refractivity contribution in [1.29, 1.82) is 0 Å². The molecule has 0 aliphatic heterocycles. The number of aromatic nitrogens is 1. The molecule has 0 fully saturated rings. The second-order valence-corrected chi connectivity index (χ2v) is 5.00. The van der Waals surface area contributed by atoms with Gasteiger partial charge in [-0.15, -0.1) is 0 Å². The molecule has 1 aromatic carbocycles. The minimum atomic E-state index is -0.0893. The van der Waals surface area contributed by atoms with Crippen LogP contribution in [0.5, 0.6) is 5.75 Å². The molecule has 0 amide bonds. The summed E-state index contributed by atoms with van der Waals surface area (Å²) in [6.45, 7) is 4.92. The van der Waals surface area contributed by atoms with Gasteiger partial charge in [-0.2, -0.15) is 0 Å². The number of nitrogens with zero attached hydrogens (tertiary/aromatic N) is 1. The lowest BCUT2D eigenvalue weighted by molar-refractivity contribution is 0.315. The average molecular weight is 285 g/mol. The molecular formula is C17H23N3O. The number of hydrogen-bond donors (Lipinski definition) is 2. The Labute approximate surface area is 126 Å². The number of nitrogens with two attached hydrogens (primary N) is 1. The molecule has 4 heteroatoms. The Kier molecular flexibility index (Phi) is 5.72. The van der Waals surface area contributed by atoms with E-state index < -0.39 is 0 Å². The maximum Gasteiger partial charge on any atom is 0.137 e. The first-order chi connectivity index (χ1) is 10.3. The van der Waals surface area contributed by atoms with Gasteiger partial charge in [-0.3, -0.25) is 10.8 Å². The van der Waals surface area contributed by atoms with Crippen molar-refractivity contribution >= 4 is 0 Å². The van der Waals surface area contributed by atoms with Crippen LogP contribution in [0.1, 0.15) is 43.0 Å². The first-order valence-corrected chi connectivity index (χ1v) is 7.41. The Morgan fingerprint density at radius 1 is 1.14 bits per heavy atom. The molecule has 1 aromatic heterocycles. The summed E-state index contributed by atoms with van der Waals surface area (Å²) in [5, 5.41) is 0. The number of nitrogens with one attached hydrogen (secondary N) is 1. The van der Waals surface area contributed by atoms with Gasteiger partial charge < -0.3 is 4.74 Å². The highest BCUT2D eigenvalue weighted by atomic mass is 16.5. The lowest BCUT2D eigenvalue weighted by Gasteiger charge is -2.17. The van der Waals surface area contributed by atoms with E-state index in [-0.39, 0.29) is 6.04 Å². The molecule has 0 bridgehead atoms. The van der Waals surface area contributed by atoms with Crippen LogP contribution >= 0.6 is 0 Å². The number of aryl methyl sites for hydroxylation is 1. The average Bonchev–Trinajstić information content (AvgIpc) is 2.55. The van der Waals surface area contributed by atoms with Crippen LogP contribution in [0.4, 0.5) is 0 Å². The SMILES string of the molecule is CCCOc1cncc(C(NN)c2ccc(CC)cc2)c1. The molecule has 21 heavy (non-hydrogen) atoms. The Morgan fingerprint density at radius 3 is 2.52 bits per heavy atom. The zero-order valence-electron chi connectivity index (χ0n) is 12.7. The molecule has 0 radical (unpaired) electrons. The fourth-order valence-electron chi connectivity index (χ4n) is 2.22. The normalized spacial score (nSPS) is 12.1.